The second-order valence-electron chi connectivity index (χ2n) is 13.2. The molecule has 0 heterocycles. The Kier molecular flexibility index (Phi) is 5.20. The van der Waals surface area contributed by atoms with Crippen LogP contribution >= 0.6 is 0 Å². The van der Waals surface area contributed by atoms with Gasteiger partial charge in [-0.1, -0.05) is 46.8 Å². The highest BCUT2D eigenvalue weighted by Crippen LogP contribution is 2.80. The summed E-state index contributed by atoms with van der Waals surface area (Å²) in [7, 11) is 0. The summed E-state index contributed by atoms with van der Waals surface area (Å²) in [5, 5.41) is 11.4. The van der Waals surface area contributed by atoms with Crippen molar-refractivity contribution >= 4 is 0 Å². The first-order chi connectivity index (χ1) is 13.8. The van der Waals surface area contributed by atoms with E-state index in [1.807, 2.05) is 6.92 Å². The molecule has 0 amide bonds. The first kappa shape index (κ1) is 22.8. The maximum Gasteiger partial charge on any atom is 0.0885 e. The Hall–Kier alpha value is -0.340. The van der Waals surface area contributed by atoms with Crippen LogP contribution in [0.4, 0.5) is 0 Å². The molecule has 2 nitrogen and oxygen atoms in total. The lowest BCUT2D eigenvalue weighted by atomic mass is 9.30. The topological polar surface area (TPSA) is 29.5 Å². The predicted octanol–water partition coefficient (Wildman–Crippen LogP) is 7.16. The van der Waals surface area contributed by atoms with E-state index >= 15 is 0 Å². The van der Waals surface area contributed by atoms with Gasteiger partial charge in [0.2, 0.25) is 0 Å². The molecule has 0 spiro atoms. The van der Waals surface area contributed by atoms with Crippen LogP contribution in [0.5, 0.6) is 0 Å². The molecule has 30 heavy (non-hydrogen) atoms. The summed E-state index contributed by atoms with van der Waals surface area (Å²) in [6.45, 7) is 23.0. The third-order valence-electron chi connectivity index (χ3n) is 12.3. The highest BCUT2D eigenvalue weighted by molar-refractivity contribution is 5.24. The maximum atomic E-state index is 11.4. The standard InChI is InChI=1S/C28H48O2/c1-9-30-19-28(29)17-16-26(7)23(4,18-28)12-14-25(6)22-11-10-21(20(2)3)24(22,5)13-15-27(25,26)8/h21-22,29H,2,9-19H2,1,3-8H3/t21-,22-,23-,24-,25+,26+,27+,28-/m1/s1. The van der Waals surface area contributed by atoms with Gasteiger partial charge in [0.25, 0.3) is 0 Å². The molecule has 0 aromatic heterocycles. The lowest BCUT2D eigenvalue weighted by Crippen LogP contribution is -2.69. The average molecular weight is 417 g/mol. The minimum Gasteiger partial charge on any atom is -0.387 e. The normalized spacial score (nSPS) is 55.5. The molecule has 1 N–H and O–H groups in total. The average Bonchev–Trinajstić information content (AvgIpc) is 3.03. The molecular weight excluding hydrogens is 368 g/mol. The first-order valence-electron chi connectivity index (χ1n) is 12.8. The van der Waals surface area contributed by atoms with E-state index in [9.17, 15) is 5.11 Å². The van der Waals surface area contributed by atoms with Gasteiger partial charge in [-0.05, 0) is 111 Å². The zero-order valence-corrected chi connectivity index (χ0v) is 21.0. The number of aliphatic hydroxyl groups is 1. The number of fused-ring (bicyclic) bond motifs is 5. The van der Waals surface area contributed by atoms with Crippen LogP contribution in [0.15, 0.2) is 12.2 Å². The third kappa shape index (κ3) is 2.68. The van der Waals surface area contributed by atoms with Gasteiger partial charge in [-0.2, -0.15) is 0 Å². The molecule has 4 aliphatic rings. The number of hydrogen-bond donors (Lipinski definition) is 1. The molecular formula is C28H48O2. The minimum absolute atomic E-state index is 0.186. The molecule has 0 saturated heterocycles. The summed E-state index contributed by atoms with van der Waals surface area (Å²) in [5.41, 5.74) is 2.36. The molecule has 4 aliphatic carbocycles. The molecule has 8 atom stereocenters. The SMILES string of the molecule is C=C(C)[C@H]1CC[C@@H]2[C@]1(C)CC[C@]1(C)[C@@]3(C)CC[C@](O)(COCC)C[C@@]3(C)CC[C@@]21C. The van der Waals surface area contributed by atoms with Crippen LogP contribution in [0.3, 0.4) is 0 Å². The van der Waals surface area contributed by atoms with Crippen molar-refractivity contribution in [2.75, 3.05) is 13.2 Å². The van der Waals surface area contributed by atoms with Crippen LogP contribution in [0, 0.1) is 38.9 Å². The van der Waals surface area contributed by atoms with E-state index in [0.29, 0.717) is 35.4 Å². The Balaban J connectivity index is 1.70. The second kappa shape index (κ2) is 6.83. The Morgan fingerprint density at radius 1 is 0.933 bits per heavy atom. The van der Waals surface area contributed by atoms with Gasteiger partial charge in [-0.3, -0.25) is 0 Å². The molecule has 172 valence electrons. The van der Waals surface area contributed by atoms with E-state index in [1.54, 1.807) is 0 Å². The lowest BCUT2D eigenvalue weighted by molar-refractivity contribution is -0.275. The number of allylic oxidation sites excluding steroid dienone is 1. The van der Waals surface area contributed by atoms with Gasteiger partial charge in [-0.25, -0.2) is 0 Å². The summed E-state index contributed by atoms with van der Waals surface area (Å²) in [4.78, 5) is 0. The molecule has 4 saturated carbocycles. The van der Waals surface area contributed by atoms with Gasteiger partial charge >= 0.3 is 0 Å². The summed E-state index contributed by atoms with van der Waals surface area (Å²) >= 11 is 0. The molecule has 0 aliphatic heterocycles. The maximum absolute atomic E-state index is 11.4. The van der Waals surface area contributed by atoms with Crippen molar-refractivity contribution in [3.8, 4) is 0 Å². The molecule has 4 rings (SSSR count). The van der Waals surface area contributed by atoms with Gasteiger partial charge in [0.1, 0.15) is 0 Å². The minimum atomic E-state index is -0.643. The number of ether oxygens (including phenoxy) is 1. The highest BCUT2D eigenvalue weighted by Gasteiger charge is 2.73. The Morgan fingerprint density at radius 3 is 2.23 bits per heavy atom. The zero-order valence-electron chi connectivity index (χ0n) is 21.0. The Morgan fingerprint density at radius 2 is 1.60 bits per heavy atom. The van der Waals surface area contributed by atoms with Crippen molar-refractivity contribution in [3.05, 3.63) is 12.2 Å². The summed E-state index contributed by atoms with van der Waals surface area (Å²) in [5.74, 6) is 1.50. The molecule has 0 aromatic carbocycles. The summed E-state index contributed by atoms with van der Waals surface area (Å²) < 4.78 is 5.73. The van der Waals surface area contributed by atoms with Crippen LogP contribution in [0.25, 0.3) is 0 Å². The molecule has 2 heteroatoms. The fourth-order valence-electron chi connectivity index (χ4n) is 10.0. The Labute approximate surface area is 186 Å². The lowest BCUT2D eigenvalue weighted by Gasteiger charge is -2.75. The van der Waals surface area contributed by atoms with Crippen molar-refractivity contribution in [2.45, 2.75) is 112 Å². The van der Waals surface area contributed by atoms with E-state index in [0.717, 1.165) is 25.2 Å². The van der Waals surface area contributed by atoms with Crippen LogP contribution in [-0.2, 0) is 4.74 Å². The Bertz CT molecular complexity index is 715. The number of hydrogen-bond acceptors (Lipinski definition) is 2. The molecule has 0 bridgehead atoms. The van der Waals surface area contributed by atoms with Crippen LogP contribution in [0.2, 0.25) is 0 Å². The van der Waals surface area contributed by atoms with Crippen LogP contribution < -0.4 is 0 Å². The van der Waals surface area contributed by atoms with E-state index in [1.165, 1.54) is 44.1 Å². The van der Waals surface area contributed by atoms with Crippen molar-refractivity contribution in [2.24, 2.45) is 38.9 Å². The highest BCUT2D eigenvalue weighted by atomic mass is 16.5. The van der Waals surface area contributed by atoms with Gasteiger partial charge in [0.15, 0.2) is 0 Å². The van der Waals surface area contributed by atoms with E-state index in [-0.39, 0.29) is 10.8 Å². The van der Waals surface area contributed by atoms with Gasteiger partial charge in [0.05, 0.1) is 12.2 Å². The second-order valence-corrected chi connectivity index (χ2v) is 13.2. The van der Waals surface area contributed by atoms with Gasteiger partial charge in [-0.15, -0.1) is 0 Å². The molecule has 0 radical (unpaired) electrons. The van der Waals surface area contributed by atoms with E-state index in [4.69, 9.17) is 4.74 Å². The predicted molar refractivity (Wildman–Crippen MR) is 125 cm³/mol. The van der Waals surface area contributed by atoms with Gasteiger partial charge in [0, 0.05) is 6.61 Å². The van der Waals surface area contributed by atoms with Crippen LogP contribution in [-0.4, -0.2) is 23.9 Å². The first-order valence-corrected chi connectivity index (χ1v) is 12.8. The number of rotatable bonds is 4. The monoisotopic (exact) mass is 416 g/mol. The van der Waals surface area contributed by atoms with Crippen molar-refractivity contribution in [3.63, 3.8) is 0 Å². The quantitative estimate of drug-likeness (QED) is 0.493. The third-order valence-corrected chi connectivity index (χ3v) is 12.3. The zero-order chi connectivity index (χ0) is 22.2. The van der Waals surface area contributed by atoms with E-state index < -0.39 is 5.60 Å². The fraction of sp³-hybridized carbons (Fsp3) is 0.929. The smallest absolute Gasteiger partial charge is 0.0885 e. The fourth-order valence-corrected chi connectivity index (χ4v) is 10.0. The van der Waals surface area contributed by atoms with Crippen molar-refractivity contribution < 1.29 is 9.84 Å². The van der Waals surface area contributed by atoms with Crippen molar-refractivity contribution in [1.29, 1.82) is 0 Å². The summed E-state index contributed by atoms with van der Waals surface area (Å²) in [6, 6.07) is 0. The largest absolute Gasteiger partial charge is 0.387 e. The molecule has 0 unspecified atom stereocenters. The van der Waals surface area contributed by atoms with Crippen molar-refractivity contribution in [1.82, 2.24) is 0 Å². The van der Waals surface area contributed by atoms with Crippen LogP contribution in [0.1, 0.15) is 106 Å². The summed E-state index contributed by atoms with van der Waals surface area (Å²) in [6.07, 6.45) is 10.9. The molecule has 4 fully saturated rings. The van der Waals surface area contributed by atoms with E-state index in [2.05, 4.69) is 48.1 Å². The van der Waals surface area contributed by atoms with Gasteiger partial charge < -0.3 is 9.84 Å². The molecule has 0 aromatic rings.